The molecule has 1 saturated heterocycles. The molecule has 1 heterocycles. The van der Waals surface area contributed by atoms with E-state index in [9.17, 15) is 9.90 Å². The number of phenols is 1. The third-order valence-electron chi connectivity index (χ3n) is 7.33. The number of aromatic hydroxyl groups is 1. The van der Waals surface area contributed by atoms with Crippen LogP contribution >= 0.6 is 0 Å². The molecule has 34 heavy (non-hydrogen) atoms. The molecule has 0 saturated carbocycles. The predicted octanol–water partition coefficient (Wildman–Crippen LogP) is 4.20. The van der Waals surface area contributed by atoms with Gasteiger partial charge in [-0.2, -0.15) is 0 Å². The summed E-state index contributed by atoms with van der Waals surface area (Å²) in [5, 5.41) is 13.0. The molecular weight excluding hydrogens is 422 g/mol. The predicted molar refractivity (Wildman–Crippen MR) is 136 cm³/mol. The Balaban J connectivity index is 1.43. The fourth-order valence-electron chi connectivity index (χ4n) is 4.94. The second kappa shape index (κ2) is 10.00. The van der Waals surface area contributed by atoms with E-state index in [0.717, 1.165) is 42.7 Å². The summed E-state index contributed by atoms with van der Waals surface area (Å²) < 4.78 is 0. The van der Waals surface area contributed by atoms with Crippen LogP contribution in [0.3, 0.4) is 0 Å². The molecule has 0 aromatic heterocycles. The normalized spacial score (nSPS) is 15.1. The fourth-order valence-corrected chi connectivity index (χ4v) is 4.94. The van der Waals surface area contributed by atoms with Crippen LogP contribution in [0, 0.1) is 0 Å². The number of phenolic OH excluding ortho intramolecular Hbond substituents is 1. The van der Waals surface area contributed by atoms with E-state index in [0.29, 0.717) is 18.2 Å². The minimum Gasteiger partial charge on any atom is -0.508 e. The van der Waals surface area contributed by atoms with E-state index in [4.69, 9.17) is 5.73 Å². The van der Waals surface area contributed by atoms with Crippen molar-refractivity contribution in [2.24, 2.45) is 5.73 Å². The zero-order valence-electron chi connectivity index (χ0n) is 20.1. The highest BCUT2D eigenvalue weighted by Crippen LogP contribution is 2.40. The van der Waals surface area contributed by atoms with Crippen LogP contribution in [0.25, 0.3) is 0 Å². The van der Waals surface area contributed by atoms with Crippen molar-refractivity contribution in [2.75, 3.05) is 13.1 Å². The van der Waals surface area contributed by atoms with E-state index >= 15 is 0 Å². The lowest BCUT2D eigenvalue weighted by Gasteiger charge is -2.50. The Morgan fingerprint density at radius 2 is 1.44 bits per heavy atom. The van der Waals surface area contributed by atoms with E-state index in [1.54, 1.807) is 12.1 Å². The Morgan fingerprint density at radius 1 is 0.912 bits per heavy atom. The summed E-state index contributed by atoms with van der Waals surface area (Å²) in [5.74, 6) is -0.0175. The van der Waals surface area contributed by atoms with E-state index in [2.05, 4.69) is 24.1 Å². The molecule has 178 valence electrons. The first-order chi connectivity index (χ1) is 16.3. The zero-order chi connectivity index (χ0) is 24.2. The molecule has 4 N–H and O–H groups in total. The molecule has 5 heteroatoms. The van der Waals surface area contributed by atoms with Crippen LogP contribution in [0.5, 0.6) is 5.75 Å². The molecule has 0 unspecified atom stereocenters. The van der Waals surface area contributed by atoms with Crippen LogP contribution in [-0.2, 0) is 16.8 Å². The molecule has 0 bridgehead atoms. The molecule has 5 nitrogen and oxygen atoms in total. The van der Waals surface area contributed by atoms with E-state index in [1.807, 2.05) is 72.8 Å². The van der Waals surface area contributed by atoms with Crippen LogP contribution in [0.4, 0.5) is 0 Å². The number of carbonyl (C=O) groups is 1. The Morgan fingerprint density at radius 3 is 1.94 bits per heavy atom. The van der Waals surface area contributed by atoms with Crippen LogP contribution in [-0.4, -0.2) is 40.6 Å². The van der Waals surface area contributed by atoms with Gasteiger partial charge in [0.15, 0.2) is 0 Å². The van der Waals surface area contributed by atoms with Gasteiger partial charge in [-0.15, -0.1) is 0 Å². The van der Waals surface area contributed by atoms with Gasteiger partial charge in [0.1, 0.15) is 5.75 Å². The van der Waals surface area contributed by atoms with Crippen molar-refractivity contribution < 1.29 is 9.90 Å². The van der Waals surface area contributed by atoms with Crippen molar-refractivity contribution in [3.05, 3.63) is 102 Å². The third-order valence-corrected chi connectivity index (χ3v) is 7.33. The fraction of sp³-hybridized carbons (Fsp3) is 0.345. The van der Waals surface area contributed by atoms with Gasteiger partial charge in [0, 0.05) is 31.2 Å². The lowest BCUT2D eigenvalue weighted by molar-refractivity contribution is -0.122. The number of amides is 1. The van der Waals surface area contributed by atoms with Gasteiger partial charge in [0.05, 0.1) is 5.41 Å². The van der Waals surface area contributed by atoms with Crippen molar-refractivity contribution in [3.63, 3.8) is 0 Å². The molecule has 4 rings (SSSR count). The largest absolute Gasteiger partial charge is 0.508 e. The molecule has 1 amide bonds. The van der Waals surface area contributed by atoms with Crippen LogP contribution < -0.4 is 11.1 Å². The molecule has 1 fully saturated rings. The summed E-state index contributed by atoms with van der Waals surface area (Å²) in [6, 6.07) is 27.6. The van der Waals surface area contributed by atoms with Crippen LogP contribution in [0.1, 0.15) is 43.4 Å². The summed E-state index contributed by atoms with van der Waals surface area (Å²) in [5.41, 5.74) is 8.26. The number of primary amides is 1. The number of likely N-dealkylation sites (tertiary alicyclic amines) is 1. The third kappa shape index (κ3) is 5.01. The van der Waals surface area contributed by atoms with Gasteiger partial charge in [0.2, 0.25) is 5.91 Å². The van der Waals surface area contributed by atoms with Gasteiger partial charge in [0.25, 0.3) is 0 Å². The Labute approximate surface area is 202 Å². The molecular formula is C29H35N3O2. The number of nitrogens with one attached hydrogen (secondary N) is 1. The smallest absolute Gasteiger partial charge is 0.232 e. The maximum atomic E-state index is 13.1. The zero-order valence-corrected chi connectivity index (χ0v) is 20.1. The van der Waals surface area contributed by atoms with E-state index in [-0.39, 0.29) is 11.4 Å². The maximum Gasteiger partial charge on any atom is 0.232 e. The Bertz CT molecular complexity index is 1040. The average molecular weight is 458 g/mol. The van der Waals surface area contributed by atoms with Crippen molar-refractivity contribution >= 4 is 5.91 Å². The quantitative estimate of drug-likeness (QED) is 0.426. The number of nitrogens with two attached hydrogens (primary N) is 1. The van der Waals surface area contributed by atoms with Gasteiger partial charge >= 0.3 is 0 Å². The summed E-state index contributed by atoms with van der Waals surface area (Å²) in [6.07, 6.45) is 1.48. The number of benzene rings is 3. The molecule has 0 aliphatic carbocycles. The first-order valence-corrected chi connectivity index (χ1v) is 12.0. The van der Waals surface area contributed by atoms with Gasteiger partial charge in [-0.25, -0.2) is 0 Å². The number of hydrogen-bond donors (Lipinski definition) is 3. The molecule has 1 aliphatic rings. The van der Waals surface area contributed by atoms with Crippen molar-refractivity contribution in [2.45, 2.75) is 50.2 Å². The average Bonchev–Trinajstić information content (AvgIpc) is 2.81. The SMILES string of the molecule is CC(C)(CCC(C(N)=O)(c1ccccc1)c1ccccc1)N1CC(NCc2ccc(O)cc2)C1. The Hall–Kier alpha value is -3.15. The second-order valence-electron chi connectivity index (χ2n) is 9.96. The number of nitrogens with zero attached hydrogens (tertiary/aromatic N) is 1. The molecule has 3 aromatic rings. The minimum absolute atomic E-state index is 0.0685. The maximum absolute atomic E-state index is 13.1. The second-order valence-corrected chi connectivity index (χ2v) is 9.96. The molecule has 3 aromatic carbocycles. The Kier molecular flexibility index (Phi) is 7.05. The van der Waals surface area contributed by atoms with Gasteiger partial charge in [-0.05, 0) is 55.5 Å². The summed E-state index contributed by atoms with van der Waals surface area (Å²) in [4.78, 5) is 15.5. The van der Waals surface area contributed by atoms with Crippen molar-refractivity contribution in [1.82, 2.24) is 10.2 Å². The summed E-state index contributed by atoms with van der Waals surface area (Å²) in [6.45, 7) is 7.22. The summed E-state index contributed by atoms with van der Waals surface area (Å²) >= 11 is 0. The highest BCUT2D eigenvalue weighted by molar-refractivity contribution is 5.90. The monoisotopic (exact) mass is 457 g/mol. The van der Waals surface area contributed by atoms with Crippen molar-refractivity contribution in [1.29, 1.82) is 0 Å². The number of carbonyl (C=O) groups excluding carboxylic acids is 1. The molecule has 0 radical (unpaired) electrons. The first-order valence-electron chi connectivity index (χ1n) is 12.0. The molecule has 0 atom stereocenters. The van der Waals surface area contributed by atoms with Gasteiger partial charge < -0.3 is 16.2 Å². The standard InChI is InChI=1S/C29H35N3O2/c1-28(2,32-20-25(21-32)31-19-22-13-15-26(33)16-14-22)17-18-29(27(30)34,23-9-5-3-6-10-23)24-11-7-4-8-12-24/h3-16,25,31,33H,17-21H2,1-2H3,(H2,30,34). The molecule has 1 aliphatic heterocycles. The topological polar surface area (TPSA) is 78.6 Å². The lowest BCUT2D eigenvalue weighted by Crippen LogP contribution is -2.64. The highest BCUT2D eigenvalue weighted by atomic mass is 16.3. The van der Waals surface area contributed by atoms with Crippen molar-refractivity contribution in [3.8, 4) is 5.75 Å². The van der Waals surface area contributed by atoms with Gasteiger partial charge in [-0.1, -0.05) is 72.8 Å². The highest BCUT2D eigenvalue weighted by Gasteiger charge is 2.44. The summed E-state index contributed by atoms with van der Waals surface area (Å²) in [7, 11) is 0. The first kappa shape index (κ1) is 24.0. The van der Waals surface area contributed by atoms with Crippen LogP contribution in [0.15, 0.2) is 84.9 Å². The number of rotatable bonds is 10. The number of hydrogen-bond acceptors (Lipinski definition) is 4. The minimum atomic E-state index is -0.860. The van der Waals surface area contributed by atoms with E-state index < -0.39 is 5.41 Å². The van der Waals surface area contributed by atoms with Gasteiger partial charge in [-0.3, -0.25) is 9.69 Å². The van der Waals surface area contributed by atoms with Crippen LogP contribution in [0.2, 0.25) is 0 Å². The lowest BCUT2D eigenvalue weighted by atomic mass is 9.69. The van der Waals surface area contributed by atoms with E-state index in [1.165, 1.54) is 0 Å². The molecule has 0 spiro atoms.